The summed E-state index contributed by atoms with van der Waals surface area (Å²) in [5, 5.41) is 0. The summed E-state index contributed by atoms with van der Waals surface area (Å²) < 4.78 is 0. The molecule has 0 aromatic heterocycles. The number of hydrogen-bond acceptors (Lipinski definition) is 1. The minimum absolute atomic E-state index is 0.784. The van der Waals surface area contributed by atoms with Crippen molar-refractivity contribution in [3.05, 3.63) is 34.4 Å². The van der Waals surface area contributed by atoms with E-state index in [1.54, 1.807) is 0 Å². The van der Waals surface area contributed by atoms with Crippen molar-refractivity contribution in [2.45, 2.75) is 33.6 Å². The number of hydrogen-bond donors (Lipinski definition) is 1. The SMILES string of the molecule is Cc1cc(C)c(C)c(CCCN)c1. The van der Waals surface area contributed by atoms with Crippen molar-refractivity contribution in [1.82, 2.24) is 0 Å². The van der Waals surface area contributed by atoms with E-state index in [4.69, 9.17) is 5.73 Å². The summed E-state index contributed by atoms with van der Waals surface area (Å²) in [4.78, 5) is 0. The number of rotatable bonds is 3. The van der Waals surface area contributed by atoms with Crippen molar-refractivity contribution in [3.8, 4) is 0 Å². The summed E-state index contributed by atoms with van der Waals surface area (Å²) in [6.45, 7) is 7.31. The molecule has 0 saturated heterocycles. The summed E-state index contributed by atoms with van der Waals surface area (Å²) >= 11 is 0. The topological polar surface area (TPSA) is 26.0 Å². The Bertz CT molecular complexity index is 289. The Morgan fingerprint density at radius 1 is 1.15 bits per heavy atom. The van der Waals surface area contributed by atoms with E-state index in [0.29, 0.717) is 0 Å². The number of nitrogens with two attached hydrogens (primary N) is 1. The molecule has 0 unspecified atom stereocenters. The molecule has 0 bridgehead atoms. The lowest BCUT2D eigenvalue weighted by atomic mass is 9.97. The van der Waals surface area contributed by atoms with E-state index in [1.165, 1.54) is 22.3 Å². The molecule has 0 atom stereocenters. The summed E-state index contributed by atoms with van der Waals surface area (Å²) in [6, 6.07) is 4.51. The van der Waals surface area contributed by atoms with E-state index in [9.17, 15) is 0 Å². The Balaban J connectivity index is 2.92. The fraction of sp³-hybridized carbons (Fsp3) is 0.500. The smallest absolute Gasteiger partial charge is 0.00741 e. The molecule has 1 aromatic rings. The first kappa shape index (κ1) is 10.3. The minimum atomic E-state index is 0.784. The van der Waals surface area contributed by atoms with Crippen LogP contribution in [0.5, 0.6) is 0 Å². The van der Waals surface area contributed by atoms with Gasteiger partial charge in [-0.25, -0.2) is 0 Å². The molecule has 0 spiro atoms. The van der Waals surface area contributed by atoms with Gasteiger partial charge >= 0.3 is 0 Å². The van der Waals surface area contributed by atoms with Crippen molar-refractivity contribution in [1.29, 1.82) is 0 Å². The van der Waals surface area contributed by atoms with E-state index < -0.39 is 0 Å². The normalized spacial score (nSPS) is 10.5. The number of benzene rings is 1. The first-order valence-corrected chi connectivity index (χ1v) is 4.92. The van der Waals surface area contributed by atoms with E-state index in [0.717, 1.165) is 19.4 Å². The molecule has 0 radical (unpaired) electrons. The molecule has 0 aliphatic carbocycles. The van der Waals surface area contributed by atoms with Gasteiger partial charge in [0.25, 0.3) is 0 Å². The molecule has 0 amide bonds. The predicted octanol–water partition coefficient (Wildman–Crippen LogP) is 2.50. The Morgan fingerprint density at radius 2 is 1.85 bits per heavy atom. The van der Waals surface area contributed by atoms with Crippen LogP contribution >= 0.6 is 0 Å². The Morgan fingerprint density at radius 3 is 2.46 bits per heavy atom. The Kier molecular flexibility index (Phi) is 3.49. The fourth-order valence-corrected chi connectivity index (χ4v) is 1.68. The molecule has 13 heavy (non-hydrogen) atoms. The zero-order valence-electron chi connectivity index (χ0n) is 8.85. The van der Waals surface area contributed by atoms with Crippen LogP contribution in [0.1, 0.15) is 28.7 Å². The van der Waals surface area contributed by atoms with Crippen molar-refractivity contribution in [2.75, 3.05) is 6.54 Å². The lowest BCUT2D eigenvalue weighted by Crippen LogP contribution is -2.02. The zero-order valence-corrected chi connectivity index (χ0v) is 8.85. The maximum Gasteiger partial charge on any atom is -0.00741 e. The quantitative estimate of drug-likeness (QED) is 0.754. The third-order valence-electron chi connectivity index (χ3n) is 2.57. The van der Waals surface area contributed by atoms with Gasteiger partial charge in [-0.1, -0.05) is 17.7 Å². The minimum Gasteiger partial charge on any atom is -0.330 e. The predicted molar refractivity (Wildman–Crippen MR) is 58.0 cm³/mol. The maximum atomic E-state index is 5.50. The molecule has 1 rings (SSSR count). The summed E-state index contributed by atoms with van der Waals surface area (Å²) in [7, 11) is 0. The average molecular weight is 177 g/mol. The molecule has 72 valence electrons. The molecule has 0 aliphatic rings. The van der Waals surface area contributed by atoms with Gasteiger partial charge < -0.3 is 5.73 Å². The summed E-state index contributed by atoms with van der Waals surface area (Å²) in [6.07, 6.45) is 2.20. The van der Waals surface area contributed by atoms with Gasteiger partial charge in [0, 0.05) is 0 Å². The molecule has 2 N–H and O–H groups in total. The van der Waals surface area contributed by atoms with Crippen LogP contribution in [0.2, 0.25) is 0 Å². The van der Waals surface area contributed by atoms with Crippen LogP contribution in [0.25, 0.3) is 0 Å². The Hall–Kier alpha value is -0.820. The zero-order chi connectivity index (χ0) is 9.84. The lowest BCUT2D eigenvalue weighted by molar-refractivity contribution is 0.825. The van der Waals surface area contributed by atoms with Crippen molar-refractivity contribution >= 4 is 0 Å². The van der Waals surface area contributed by atoms with Gasteiger partial charge in [-0.15, -0.1) is 0 Å². The molecule has 0 saturated carbocycles. The monoisotopic (exact) mass is 177 g/mol. The highest BCUT2D eigenvalue weighted by atomic mass is 14.5. The van der Waals surface area contributed by atoms with Gasteiger partial charge in [0.15, 0.2) is 0 Å². The van der Waals surface area contributed by atoms with Gasteiger partial charge in [-0.2, -0.15) is 0 Å². The summed E-state index contributed by atoms with van der Waals surface area (Å²) in [5.41, 5.74) is 11.1. The van der Waals surface area contributed by atoms with Crippen molar-refractivity contribution in [3.63, 3.8) is 0 Å². The highest BCUT2D eigenvalue weighted by Crippen LogP contribution is 2.17. The van der Waals surface area contributed by atoms with Crippen LogP contribution in [0.4, 0.5) is 0 Å². The molecule has 1 heteroatoms. The molecule has 0 heterocycles. The van der Waals surface area contributed by atoms with Gasteiger partial charge in [0.2, 0.25) is 0 Å². The van der Waals surface area contributed by atoms with Crippen LogP contribution in [0.3, 0.4) is 0 Å². The second-order valence-electron chi connectivity index (χ2n) is 3.76. The van der Waals surface area contributed by atoms with Crippen LogP contribution < -0.4 is 5.73 Å². The van der Waals surface area contributed by atoms with E-state index in [2.05, 4.69) is 32.9 Å². The maximum absolute atomic E-state index is 5.50. The molecule has 1 nitrogen and oxygen atoms in total. The van der Waals surface area contributed by atoms with E-state index in [1.807, 2.05) is 0 Å². The Labute approximate surface area is 81.0 Å². The summed E-state index contributed by atoms with van der Waals surface area (Å²) in [5.74, 6) is 0. The van der Waals surface area contributed by atoms with Crippen molar-refractivity contribution in [2.24, 2.45) is 5.73 Å². The highest BCUT2D eigenvalue weighted by molar-refractivity contribution is 5.37. The van der Waals surface area contributed by atoms with Crippen molar-refractivity contribution < 1.29 is 0 Å². The number of aryl methyl sites for hydroxylation is 3. The largest absolute Gasteiger partial charge is 0.330 e. The van der Waals surface area contributed by atoms with Gasteiger partial charge in [-0.3, -0.25) is 0 Å². The molecule has 0 aliphatic heterocycles. The molecule has 0 fully saturated rings. The molecular weight excluding hydrogens is 158 g/mol. The van der Waals surface area contributed by atoms with Crippen LogP contribution in [0.15, 0.2) is 12.1 Å². The van der Waals surface area contributed by atoms with Crippen LogP contribution in [0, 0.1) is 20.8 Å². The van der Waals surface area contributed by atoms with Crippen LogP contribution in [-0.2, 0) is 6.42 Å². The second-order valence-corrected chi connectivity index (χ2v) is 3.76. The first-order valence-electron chi connectivity index (χ1n) is 4.92. The molecular formula is C12H19N. The lowest BCUT2D eigenvalue weighted by Gasteiger charge is -2.09. The molecule has 1 aromatic carbocycles. The fourth-order valence-electron chi connectivity index (χ4n) is 1.68. The van der Waals surface area contributed by atoms with Crippen LogP contribution in [-0.4, -0.2) is 6.54 Å². The highest BCUT2D eigenvalue weighted by Gasteiger charge is 2.01. The van der Waals surface area contributed by atoms with E-state index >= 15 is 0 Å². The average Bonchev–Trinajstić information content (AvgIpc) is 2.09. The van der Waals surface area contributed by atoms with Gasteiger partial charge in [0.05, 0.1) is 0 Å². The standard InChI is InChI=1S/C12H19N/c1-9-7-10(2)11(3)12(8-9)5-4-6-13/h7-8H,4-6,13H2,1-3H3. The third kappa shape index (κ3) is 2.56. The van der Waals surface area contributed by atoms with Gasteiger partial charge in [0.1, 0.15) is 0 Å². The van der Waals surface area contributed by atoms with Gasteiger partial charge in [-0.05, 0) is 56.8 Å². The first-order chi connectivity index (χ1) is 6.15. The van der Waals surface area contributed by atoms with E-state index in [-0.39, 0.29) is 0 Å². The second kappa shape index (κ2) is 4.43. The third-order valence-corrected chi connectivity index (χ3v) is 2.57.